The van der Waals surface area contributed by atoms with Crippen molar-refractivity contribution < 1.29 is 18.9 Å². The van der Waals surface area contributed by atoms with Crippen molar-refractivity contribution in [2.45, 2.75) is 11.7 Å². The van der Waals surface area contributed by atoms with Gasteiger partial charge in [0.2, 0.25) is 5.91 Å². The maximum atomic E-state index is 12.2. The summed E-state index contributed by atoms with van der Waals surface area (Å²) in [6.07, 6.45) is 1.81. The van der Waals surface area contributed by atoms with E-state index in [0.717, 1.165) is 11.3 Å². The van der Waals surface area contributed by atoms with E-state index in [4.69, 9.17) is 9.15 Å². The van der Waals surface area contributed by atoms with Gasteiger partial charge in [-0.15, -0.1) is 5.10 Å². The molecule has 1 atom stereocenters. The summed E-state index contributed by atoms with van der Waals surface area (Å²) in [5, 5.41) is 21.6. The van der Waals surface area contributed by atoms with Gasteiger partial charge in [-0.05, 0) is 48.4 Å². The van der Waals surface area contributed by atoms with Gasteiger partial charge >= 0.3 is 0 Å². The largest absolute Gasteiger partial charge is 0.497 e. The van der Waals surface area contributed by atoms with Crippen LogP contribution < -0.4 is 10.1 Å². The number of nitrogens with zero attached hydrogens (tertiary/aromatic N) is 3. The Balaban J connectivity index is 1.38. The number of hydrogen-bond acceptors (Lipinski definition) is 8. The molecule has 0 saturated carbocycles. The minimum Gasteiger partial charge on any atom is -0.497 e. The van der Waals surface area contributed by atoms with Crippen LogP contribution in [0, 0.1) is 10.1 Å². The highest BCUT2D eigenvalue weighted by atomic mass is 32.2. The molecule has 3 aromatic rings. The predicted molar refractivity (Wildman–Crippen MR) is 122 cm³/mol. The van der Waals surface area contributed by atoms with Crippen molar-refractivity contribution in [1.29, 1.82) is 0 Å². The number of ether oxygens (including phenoxy) is 1. The molecule has 4 rings (SSSR count). The number of nitro benzene ring substituents is 1. The second-order valence-electron chi connectivity index (χ2n) is 6.81. The molecule has 2 aromatic carbocycles. The molecule has 32 heavy (non-hydrogen) atoms. The van der Waals surface area contributed by atoms with Crippen LogP contribution in [0.4, 0.5) is 5.69 Å². The molecule has 1 unspecified atom stereocenters. The summed E-state index contributed by atoms with van der Waals surface area (Å²) in [6, 6.07) is 17.3. The van der Waals surface area contributed by atoms with E-state index < -0.39 is 10.2 Å². The average Bonchev–Trinajstić information content (AvgIpc) is 3.41. The number of rotatable bonds is 7. The molecule has 10 heteroatoms. The van der Waals surface area contributed by atoms with Gasteiger partial charge in [0.25, 0.3) is 5.69 Å². The molecule has 9 nitrogen and oxygen atoms in total. The number of thioether (sulfide) groups is 1. The van der Waals surface area contributed by atoms with E-state index in [2.05, 4.69) is 15.5 Å². The van der Waals surface area contributed by atoms with Crippen molar-refractivity contribution in [3.05, 3.63) is 82.1 Å². The third-order valence-electron chi connectivity index (χ3n) is 4.65. The second-order valence-corrected chi connectivity index (χ2v) is 8.00. The number of furan rings is 1. The first-order valence-electron chi connectivity index (χ1n) is 9.58. The van der Waals surface area contributed by atoms with Crippen molar-refractivity contribution in [3.63, 3.8) is 0 Å². The molecular formula is C22H18N4O5S. The molecule has 0 bridgehead atoms. The molecule has 1 saturated heterocycles. The first-order valence-corrected chi connectivity index (χ1v) is 10.5. The molecule has 1 aliphatic rings. The van der Waals surface area contributed by atoms with Crippen molar-refractivity contribution >= 4 is 34.7 Å². The van der Waals surface area contributed by atoms with Crippen LogP contribution in [-0.2, 0) is 11.2 Å². The minimum atomic E-state index is -0.457. The third-order valence-corrected chi connectivity index (χ3v) is 5.73. The Morgan fingerprint density at radius 2 is 2.03 bits per heavy atom. The number of amides is 1. The molecule has 162 valence electrons. The van der Waals surface area contributed by atoms with Crippen molar-refractivity contribution in [2.24, 2.45) is 10.2 Å². The van der Waals surface area contributed by atoms with E-state index in [1.807, 2.05) is 30.3 Å². The standard InChI is InChI=1S/C22H18N4O5S/c1-30-17-7-5-15(6-8-17)19-10-9-18(31-19)13-23-25-22-24-21(27)20(32-22)12-14-3-2-4-16(11-14)26(28)29/h2-11,13,20H,12H2,1H3,(H,24,25,27). The number of carbonyl (C=O) groups excluding carboxylic acids is 1. The smallest absolute Gasteiger partial charge is 0.269 e. The highest BCUT2D eigenvalue weighted by Crippen LogP contribution is 2.26. The Bertz CT molecular complexity index is 1200. The Labute approximate surface area is 187 Å². The number of nitrogens with one attached hydrogen (secondary N) is 1. The van der Waals surface area contributed by atoms with Crippen LogP contribution in [0.2, 0.25) is 0 Å². The van der Waals surface area contributed by atoms with E-state index in [1.165, 1.54) is 30.1 Å². The van der Waals surface area contributed by atoms with Crippen LogP contribution in [0.5, 0.6) is 5.75 Å². The van der Waals surface area contributed by atoms with Gasteiger partial charge in [-0.2, -0.15) is 5.10 Å². The quantitative estimate of drug-likeness (QED) is 0.330. The first kappa shape index (κ1) is 21.3. The number of non-ortho nitro benzene ring substituents is 1. The fourth-order valence-corrected chi connectivity index (χ4v) is 4.03. The van der Waals surface area contributed by atoms with Crippen LogP contribution >= 0.6 is 11.8 Å². The molecule has 1 amide bonds. The summed E-state index contributed by atoms with van der Waals surface area (Å²) >= 11 is 1.23. The normalized spacial score (nSPS) is 17.1. The molecule has 1 fully saturated rings. The highest BCUT2D eigenvalue weighted by Gasteiger charge is 2.30. The molecule has 1 aliphatic heterocycles. The van der Waals surface area contributed by atoms with E-state index in [0.29, 0.717) is 28.7 Å². The fraction of sp³-hybridized carbons (Fsp3) is 0.136. The lowest BCUT2D eigenvalue weighted by molar-refractivity contribution is -0.384. The van der Waals surface area contributed by atoms with E-state index >= 15 is 0 Å². The number of nitro groups is 1. The summed E-state index contributed by atoms with van der Waals surface area (Å²) in [7, 11) is 1.61. The van der Waals surface area contributed by atoms with E-state index in [9.17, 15) is 14.9 Å². The summed E-state index contributed by atoms with van der Waals surface area (Å²) in [6.45, 7) is 0. The number of methoxy groups -OCH3 is 1. The molecule has 0 spiro atoms. The summed E-state index contributed by atoms with van der Waals surface area (Å²) in [5.74, 6) is 1.75. The van der Waals surface area contributed by atoms with Gasteiger partial charge in [0.05, 0.1) is 23.5 Å². The SMILES string of the molecule is COc1ccc(-c2ccc(C=N/N=C3\NC(=O)C(Cc4cccc([N+](=O)[O-])c4)S3)o2)cc1. The topological polar surface area (TPSA) is 119 Å². The zero-order chi connectivity index (χ0) is 22.5. The number of amidine groups is 1. The van der Waals surface area contributed by atoms with Gasteiger partial charge in [0, 0.05) is 17.7 Å². The van der Waals surface area contributed by atoms with E-state index in [1.54, 1.807) is 25.3 Å². The van der Waals surface area contributed by atoms with Crippen molar-refractivity contribution in [3.8, 4) is 17.1 Å². The van der Waals surface area contributed by atoms with Crippen molar-refractivity contribution in [1.82, 2.24) is 5.32 Å². The Hall–Kier alpha value is -3.92. The Kier molecular flexibility index (Phi) is 6.31. The lowest BCUT2D eigenvalue weighted by atomic mass is 10.1. The number of benzene rings is 2. The Morgan fingerprint density at radius 1 is 1.22 bits per heavy atom. The number of hydrogen-bond donors (Lipinski definition) is 1. The molecule has 0 aliphatic carbocycles. The highest BCUT2D eigenvalue weighted by molar-refractivity contribution is 8.15. The van der Waals surface area contributed by atoms with Crippen LogP contribution in [0.25, 0.3) is 11.3 Å². The summed E-state index contributed by atoms with van der Waals surface area (Å²) < 4.78 is 10.9. The molecule has 1 N–H and O–H groups in total. The molecule has 1 aromatic heterocycles. The molecule has 2 heterocycles. The lowest BCUT2D eigenvalue weighted by Gasteiger charge is -2.04. The Morgan fingerprint density at radius 3 is 2.78 bits per heavy atom. The predicted octanol–water partition coefficient (Wildman–Crippen LogP) is 4.03. The molecule has 0 radical (unpaired) electrons. The zero-order valence-corrected chi connectivity index (χ0v) is 17.7. The van der Waals surface area contributed by atoms with Gasteiger partial charge in [-0.25, -0.2) is 0 Å². The van der Waals surface area contributed by atoms with Crippen LogP contribution in [0.3, 0.4) is 0 Å². The van der Waals surface area contributed by atoms with Gasteiger partial charge in [0.15, 0.2) is 5.17 Å². The zero-order valence-electron chi connectivity index (χ0n) is 16.9. The average molecular weight is 450 g/mol. The summed E-state index contributed by atoms with van der Waals surface area (Å²) in [5.41, 5.74) is 1.61. The van der Waals surface area contributed by atoms with Crippen molar-refractivity contribution in [2.75, 3.05) is 7.11 Å². The van der Waals surface area contributed by atoms with Crippen LogP contribution in [0.1, 0.15) is 11.3 Å². The van der Waals surface area contributed by atoms with Gasteiger partial charge < -0.3 is 14.5 Å². The third kappa shape index (κ3) is 5.03. The van der Waals surface area contributed by atoms with Gasteiger partial charge in [0.1, 0.15) is 17.3 Å². The van der Waals surface area contributed by atoms with Crippen LogP contribution in [-0.4, -0.2) is 34.6 Å². The van der Waals surface area contributed by atoms with Crippen LogP contribution in [0.15, 0.2) is 75.3 Å². The summed E-state index contributed by atoms with van der Waals surface area (Å²) in [4.78, 5) is 22.7. The first-order chi connectivity index (χ1) is 15.5. The molecular weight excluding hydrogens is 432 g/mol. The fourth-order valence-electron chi connectivity index (χ4n) is 3.07. The minimum absolute atomic E-state index is 0.00291. The monoisotopic (exact) mass is 450 g/mol. The number of carbonyl (C=O) groups is 1. The second kappa shape index (κ2) is 9.48. The van der Waals surface area contributed by atoms with Gasteiger partial charge in [-0.1, -0.05) is 23.9 Å². The lowest BCUT2D eigenvalue weighted by Crippen LogP contribution is -2.25. The maximum absolute atomic E-state index is 12.2. The van der Waals surface area contributed by atoms with Gasteiger partial charge in [-0.3, -0.25) is 14.9 Å². The maximum Gasteiger partial charge on any atom is 0.269 e. The van der Waals surface area contributed by atoms with E-state index in [-0.39, 0.29) is 11.6 Å².